The standard InChI is InChI=1S/C14H25N3O2/c1-2-3-10-4-5-11(7-15)12(6-10)17-8-13(18)16-14(19)9-17/h10-12H,2-9,15H2,1H3,(H,16,18,19). The van der Waals surface area contributed by atoms with Crippen LogP contribution in [0, 0.1) is 11.8 Å². The Morgan fingerprint density at radius 2 is 1.95 bits per heavy atom. The van der Waals surface area contributed by atoms with Gasteiger partial charge >= 0.3 is 0 Å². The minimum atomic E-state index is -0.176. The molecule has 3 atom stereocenters. The zero-order valence-electron chi connectivity index (χ0n) is 11.7. The quantitative estimate of drug-likeness (QED) is 0.727. The first-order chi connectivity index (χ1) is 9.13. The second kappa shape index (κ2) is 6.48. The van der Waals surface area contributed by atoms with Crippen LogP contribution in [0.1, 0.15) is 39.0 Å². The number of amides is 2. The van der Waals surface area contributed by atoms with E-state index in [4.69, 9.17) is 5.73 Å². The van der Waals surface area contributed by atoms with Gasteiger partial charge in [-0.25, -0.2) is 0 Å². The maximum atomic E-state index is 11.5. The lowest BCUT2D eigenvalue weighted by atomic mass is 9.76. The Kier molecular flexibility index (Phi) is 4.93. The molecule has 5 nitrogen and oxygen atoms in total. The normalized spacial score (nSPS) is 33.3. The van der Waals surface area contributed by atoms with Crippen LogP contribution in [0.3, 0.4) is 0 Å². The molecule has 5 heteroatoms. The molecule has 2 aliphatic rings. The van der Waals surface area contributed by atoms with Crippen LogP contribution in [0.5, 0.6) is 0 Å². The second-order valence-corrected chi connectivity index (χ2v) is 5.91. The number of imide groups is 1. The molecule has 1 aliphatic carbocycles. The van der Waals surface area contributed by atoms with E-state index in [0.717, 1.165) is 18.8 Å². The van der Waals surface area contributed by atoms with Crippen molar-refractivity contribution in [2.75, 3.05) is 19.6 Å². The Balaban J connectivity index is 2.04. The van der Waals surface area contributed by atoms with Crippen molar-refractivity contribution in [2.45, 2.75) is 45.1 Å². The second-order valence-electron chi connectivity index (χ2n) is 5.91. The molecular formula is C14H25N3O2. The van der Waals surface area contributed by atoms with Gasteiger partial charge in [-0.3, -0.25) is 19.8 Å². The summed E-state index contributed by atoms with van der Waals surface area (Å²) in [5.41, 5.74) is 5.88. The maximum Gasteiger partial charge on any atom is 0.240 e. The van der Waals surface area contributed by atoms with Gasteiger partial charge in [-0.15, -0.1) is 0 Å². The summed E-state index contributed by atoms with van der Waals surface area (Å²) in [6.45, 7) is 3.54. The summed E-state index contributed by atoms with van der Waals surface area (Å²) >= 11 is 0. The first kappa shape index (κ1) is 14.5. The summed E-state index contributed by atoms with van der Waals surface area (Å²) in [6.07, 6.45) is 5.88. The van der Waals surface area contributed by atoms with Gasteiger partial charge in [-0.1, -0.05) is 26.2 Å². The van der Waals surface area contributed by atoms with Crippen LogP contribution in [0.2, 0.25) is 0 Å². The molecule has 19 heavy (non-hydrogen) atoms. The molecule has 108 valence electrons. The number of carbonyl (C=O) groups excluding carboxylic acids is 2. The van der Waals surface area contributed by atoms with Crippen molar-refractivity contribution in [1.82, 2.24) is 10.2 Å². The molecule has 2 amide bonds. The molecule has 0 aromatic heterocycles. The van der Waals surface area contributed by atoms with Gasteiger partial charge in [0.1, 0.15) is 0 Å². The summed E-state index contributed by atoms with van der Waals surface area (Å²) in [5, 5.41) is 2.37. The molecule has 0 radical (unpaired) electrons. The van der Waals surface area contributed by atoms with Crippen molar-refractivity contribution in [3.8, 4) is 0 Å². The molecule has 3 unspecified atom stereocenters. The largest absolute Gasteiger partial charge is 0.330 e. The van der Waals surface area contributed by atoms with E-state index in [-0.39, 0.29) is 11.8 Å². The van der Waals surface area contributed by atoms with Gasteiger partial charge in [-0.2, -0.15) is 0 Å². The van der Waals surface area contributed by atoms with Crippen molar-refractivity contribution in [1.29, 1.82) is 0 Å². The molecule has 2 fully saturated rings. The Morgan fingerprint density at radius 3 is 2.53 bits per heavy atom. The summed E-state index contributed by atoms with van der Waals surface area (Å²) in [7, 11) is 0. The van der Waals surface area contributed by atoms with Crippen molar-refractivity contribution >= 4 is 11.8 Å². The monoisotopic (exact) mass is 267 g/mol. The fourth-order valence-electron chi connectivity index (χ4n) is 3.58. The van der Waals surface area contributed by atoms with Crippen LogP contribution in [-0.2, 0) is 9.59 Å². The van der Waals surface area contributed by atoms with Gasteiger partial charge in [0.25, 0.3) is 0 Å². The highest BCUT2D eigenvalue weighted by atomic mass is 16.2. The van der Waals surface area contributed by atoms with Crippen molar-refractivity contribution in [3.05, 3.63) is 0 Å². The molecule has 3 N–H and O–H groups in total. The van der Waals surface area contributed by atoms with Gasteiger partial charge < -0.3 is 5.73 Å². The molecule has 1 saturated heterocycles. The van der Waals surface area contributed by atoms with Gasteiger partial charge in [0.15, 0.2) is 0 Å². The number of nitrogens with two attached hydrogens (primary N) is 1. The van der Waals surface area contributed by atoms with E-state index in [1.165, 1.54) is 19.3 Å². The van der Waals surface area contributed by atoms with Gasteiger partial charge in [0, 0.05) is 6.04 Å². The van der Waals surface area contributed by atoms with Crippen molar-refractivity contribution < 1.29 is 9.59 Å². The molecule has 1 aliphatic heterocycles. The van der Waals surface area contributed by atoms with Gasteiger partial charge in [0.05, 0.1) is 13.1 Å². The average Bonchev–Trinajstić information content (AvgIpc) is 2.38. The molecule has 0 bridgehead atoms. The molecule has 0 spiro atoms. The van der Waals surface area contributed by atoms with E-state index in [0.29, 0.717) is 31.6 Å². The highest BCUT2D eigenvalue weighted by molar-refractivity contribution is 5.99. The number of nitrogens with one attached hydrogen (secondary N) is 1. The molecule has 1 heterocycles. The molecule has 2 rings (SSSR count). The number of nitrogens with zero attached hydrogens (tertiary/aromatic N) is 1. The van der Waals surface area contributed by atoms with Crippen LogP contribution >= 0.6 is 0 Å². The minimum absolute atomic E-state index is 0.176. The van der Waals surface area contributed by atoms with Crippen LogP contribution in [-0.4, -0.2) is 42.4 Å². The summed E-state index contributed by atoms with van der Waals surface area (Å²) in [4.78, 5) is 25.1. The maximum absolute atomic E-state index is 11.5. The lowest BCUT2D eigenvalue weighted by Crippen LogP contribution is -2.58. The third-order valence-corrected chi connectivity index (χ3v) is 4.51. The number of rotatable bonds is 4. The predicted molar refractivity (Wildman–Crippen MR) is 73.3 cm³/mol. The first-order valence-electron chi connectivity index (χ1n) is 7.40. The Hall–Kier alpha value is -0.940. The molecule has 0 aromatic carbocycles. The number of piperazine rings is 1. The SMILES string of the molecule is CCCC1CCC(CN)C(N2CC(=O)NC(=O)C2)C1. The highest BCUT2D eigenvalue weighted by Gasteiger charge is 2.36. The fourth-order valence-corrected chi connectivity index (χ4v) is 3.58. The predicted octanol–water partition coefficient (Wildman–Crippen LogP) is 0.489. The highest BCUT2D eigenvalue weighted by Crippen LogP contribution is 2.34. The molecule has 1 saturated carbocycles. The smallest absolute Gasteiger partial charge is 0.240 e. The Bertz CT molecular complexity index is 330. The molecular weight excluding hydrogens is 242 g/mol. The summed E-state index contributed by atoms with van der Waals surface area (Å²) in [5.74, 6) is 0.791. The van der Waals surface area contributed by atoms with E-state index in [2.05, 4.69) is 12.2 Å². The third kappa shape index (κ3) is 3.54. The minimum Gasteiger partial charge on any atom is -0.330 e. The fraction of sp³-hybridized carbons (Fsp3) is 0.857. The Morgan fingerprint density at radius 1 is 1.26 bits per heavy atom. The summed E-state index contributed by atoms with van der Waals surface area (Å²) < 4.78 is 0. The van der Waals surface area contributed by atoms with Gasteiger partial charge in [-0.05, 0) is 31.2 Å². The van der Waals surface area contributed by atoms with E-state index < -0.39 is 0 Å². The summed E-state index contributed by atoms with van der Waals surface area (Å²) in [6, 6.07) is 0.297. The lowest BCUT2D eigenvalue weighted by Gasteiger charge is -2.43. The van der Waals surface area contributed by atoms with Crippen molar-refractivity contribution in [2.24, 2.45) is 17.6 Å². The number of hydrogen-bond donors (Lipinski definition) is 2. The number of carbonyl (C=O) groups is 2. The van der Waals surface area contributed by atoms with E-state index >= 15 is 0 Å². The van der Waals surface area contributed by atoms with E-state index in [1.54, 1.807) is 0 Å². The van der Waals surface area contributed by atoms with Gasteiger partial charge in [0.2, 0.25) is 11.8 Å². The van der Waals surface area contributed by atoms with Crippen molar-refractivity contribution in [3.63, 3.8) is 0 Å². The average molecular weight is 267 g/mol. The molecule has 0 aromatic rings. The zero-order chi connectivity index (χ0) is 13.8. The Labute approximate surface area is 114 Å². The van der Waals surface area contributed by atoms with Crippen LogP contribution < -0.4 is 11.1 Å². The third-order valence-electron chi connectivity index (χ3n) is 4.51. The zero-order valence-corrected chi connectivity index (χ0v) is 11.7. The topological polar surface area (TPSA) is 75.4 Å². The van der Waals surface area contributed by atoms with Crippen LogP contribution in [0.15, 0.2) is 0 Å². The van der Waals surface area contributed by atoms with E-state index in [1.807, 2.05) is 4.90 Å². The van der Waals surface area contributed by atoms with E-state index in [9.17, 15) is 9.59 Å². The number of hydrogen-bond acceptors (Lipinski definition) is 4. The van der Waals surface area contributed by atoms with Crippen LogP contribution in [0.25, 0.3) is 0 Å². The first-order valence-corrected chi connectivity index (χ1v) is 7.40. The van der Waals surface area contributed by atoms with Crippen LogP contribution in [0.4, 0.5) is 0 Å². The lowest BCUT2D eigenvalue weighted by molar-refractivity contribution is -0.138.